The molecule has 0 atom stereocenters. The van der Waals surface area contributed by atoms with E-state index in [1.165, 1.54) is 9.36 Å². The Bertz CT molecular complexity index is 1180. The van der Waals surface area contributed by atoms with Gasteiger partial charge >= 0.3 is 5.69 Å². The maximum atomic E-state index is 12.2. The summed E-state index contributed by atoms with van der Waals surface area (Å²) in [6.45, 7) is 2.21. The van der Waals surface area contributed by atoms with Crippen LogP contribution in [0.5, 0.6) is 5.88 Å². The molecule has 0 saturated carbocycles. The Kier molecular flexibility index (Phi) is 4.82. The van der Waals surface area contributed by atoms with Crippen molar-refractivity contribution in [1.29, 1.82) is 0 Å². The molecule has 0 spiro atoms. The van der Waals surface area contributed by atoms with Gasteiger partial charge < -0.3 is 4.74 Å². The van der Waals surface area contributed by atoms with Crippen LogP contribution in [0.15, 0.2) is 64.0 Å². The van der Waals surface area contributed by atoms with Crippen molar-refractivity contribution in [2.45, 2.75) is 13.5 Å². The number of halogens is 1. The molecule has 0 aliphatic carbocycles. The number of nitrogens with zero attached hydrogens (tertiary/aromatic N) is 6. The standard InChI is InChI=1S/C19H17BrN6O2/c1-13-4-3-5-17(26-19(27)24(2)22-23-26)16(13)12-28-18-10-11-25(21-18)15-8-6-14(20)7-9-15/h3-11H,12H2,1-2H3. The summed E-state index contributed by atoms with van der Waals surface area (Å²) in [5, 5.41) is 12.2. The first-order chi connectivity index (χ1) is 13.5. The molecule has 0 amide bonds. The van der Waals surface area contributed by atoms with E-state index in [4.69, 9.17) is 4.74 Å². The van der Waals surface area contributed by atoms with Gasteiger partial charge in [-0.05, 0) is 53.2 Å². The number of benzene rings is 2. The number of tetrazole rings is 1. The molecule has 0 aliphatic rings. The predicted octanol–water partition coefficient (Wildman–Crippen LogP) is 2.80. The van der Waals surface area contributed by atoms with Crippen LogP contribution in [0.25, 0.3) is 11.4 Å². The van der Waals surface area contributed by atoms with Crippen molar-refractivity contribution < 1.29 is 4.74 Å². The van der Waals surface area contributed by atoms with Crippen LogP contribution in [-0.2, 0) is 13.7 Å². The smallest absolute Gasteiger partial charge is 0.368 e. The summed E-state index contributed by atoms with van der Waals surface area (Å²) < 4.78 is 11.1. The van der Waals surface area contributed by atoms with Gasteiger partial charge in [-0.3, -0.25) is 0 Å². The molecular formula is C19H17BrN6O2. The first kappa shape index (κ1) is 18.2. The van der Waals surface area contributed by atoms with Crippen LogP contribution in [0.1, 0.15) is 11.1 Å². The highest BCUT2D eigenvalue weighted by molar-refractivity contribution is 9.10. The van der Waals surface area contributed by atoms with E-state index in [-0.39, 0.29) is 12.3 Å². The van der Waals surface area contributed by atoms with Gasteiger partial charge in [-0.1, -0.05) is 28.1 Å². The Balaban J connectivity index is 1.58. The maximum Gasteiger partial charge on any atom is 0.368 e. The van der Waals surface area contributed by atoms with E-state index in [1.54, 1.807) is 17.8 Å². The molecule has 28 heavy (non-hydrogen) atoms. The fourth-order valence-corrected chi connectivity index (χ4v) is 3.07. The monoisotopic (exact) mass is 440 g/mol. The van der Waals surface area contributed by atoms with Crippen LogP contribution in [0, 0.1) is 6.92 Å². The SMILES string of the molecule is Cc1cccc(-n2nnn(C)c2=O)c1COc1ccn(-c2ccc(Br)cc2)n1. The highest BCUT2D eigenvalue weighted by Gasteiger charge is 2.14. The summed E-state index contributed by atoms with van der Waals surface area (Å²) in [4.78, 5) is 12.2. The molecule has 0 unspecified atom stereocenters. The fraction of sp³-hybridized carbons (Fsp3) is 0.158. The van der Waals surface area contributed by atoms with Crippen molar-refractivity contribution >= 4 is 15.9 Å². The van der Waals surface area contributed by atoms with Gasteiger partial charge in [0.05, 0.1) is 11.4 Å². The molecule has 0 bridgehead atoms. The number of ether oxygens (including phenoxy) is 1. The van der Waals surface area contributed by atoms with E-state index in [2.05, 4.69) is 31.5 Å². The number of hydrogen-bond acceptors (Lipinski definition) is 5. The second kappa shape index (κ2) is 7.43. The lowest BCUT2D eigenvalue weighted by atomic mass is 10.1. The highest BCUT2D eigenvalue weighted by atomic mass is 79.9. The van der Waals surface area contributed by atoms with Gasteiger partial charge in [0.25, 0.3) is 0 Å². The molecule has 142 valence electrons. The van der Waals surface area contributed by atoms with E-state index in [0.717, 1.165) is 21.3 Å². The van der Waals surface area contributed by atoms with E-state index in [9.17, 15) is 4.79 Å². The van der Waals surface area contributed by atoms with Crippen molar-refractivity contribution in [2.24, 2.45) is 7.05 Å². The molecule has 8 nitrogen and oxygen atoms in total. The molecule has 4 rings (SSSR count). The van der Waals surface area contributed by atoms with Crippen molar-refractivity contribution in [3.05, 3.63) is 80.8 Å². The number of hydrogen-bond donors (Lipinski definition) is 0. The Morgan fingerprint density at radius 2 is 1.86 bits per heavy atom. The Labute approximate surface area is 169 Å². The molecule has 0 radical (unpaired) electrons. The van der Waals surface area contributed by atoms with Crippen molar-refractivity contribution in [2.75, 3.05) is 0 Å². The summed E-state index contributed by atoms with van der Waals surface area (Å²) in [5.74, 6) is 0.489. The predicted molar refractivity (Wildman–Crippen MR) is 107 cm³/mol. The zero-order valence-corrected chi connectivity index (χ0v) is 16.9. The first-order valence-electron chi connectivity index (χ1n) is 8.55. The third kappa shape index (κ3) is 3.48. The fourth-order valence-electron chi connectivity index (χ4n) is 2.81. The second-order valence-corrected chi connectivity index (χ2v) is 7.15. The third-order valence-corrected chi connectivity index (χ3v) is 4.88. The summed E-state index contributed by atoms with van der Waals surface area (Å²) in [6, 6.07) is 15.3. The van der Waals surface area contributed by atoms with Gasteiger partial charge in [0.15, 0.2) is 0 Å². The van der Waals surface area contributed by atoms with Gasteiger partial charge in [-0.15, -0.1) is 5.10 Å². The lowest BCUT2D eigenvalue weighted by Crippen LogP contribution is -2.23. The van der Waals surface area contributed by atoms with Gasteiger partial charge in [0.1, 0.15) is 6.61 Å². The average molecular weight is 441 g/mol. The van der Waals surface area contributed by atoms with Crippen LogP contribution in [0.2, 0.25) is 0 Å². The van der Waals surface area contributed by atoms with E-state index in [1.807, 2.05) is 55.6 Å². The van der Waals surface area contributed by atoms with Crippen molar-refractivity contribution in [1.82, 2.24) is 29.6 Å². The normalized spacial score (nSPS) is 11.0. The average Bonchev–Trinajstić information content (AvgIpc) is 3.29. The molecule has 0 saturated heterocycles. The molecule has 2 aromatic carbocycles. The third-order valence-electron chi connectivity index (χ3n) is 4.36. The maximum absolute atomic E-state index is 12.2. The minimum atomic E-state index is -0.314. The summed E-state index contributed by atoms with van der Waals surface area (Å²) in [6.07, 6.45) is 1.84. The Morgan fingerprint density at radius 3 is 2.57 bits per heavy atom. The Morgan fingerprint density at radius 1 is 1.07 bits per heavy atom. The van der Waals surface area contributed by atoms with Crippen LogP contribution >= 0.6 is 15.9 Å². The summed E-state index contributed by atoms with van der Waals surface area (Å²) in [5.41, 5.74) is 3.10. The second-order valence-electron chi connectivity index (χ2n) is 6.23. The number of aryl methyl sites for hydroxylation is 2. The van der Waals surface area contributed by atoms with Crippen LogP contribution < -0.4 is 10.4 Å². The molecule has 0 fully saturated rings. The molecule has 0 aliphatic heterocycles. The molecule has 4 aromatic rings. The zero-order chi connectivity index (χ0) is 19.7. The van der Waals surface area contributed by atoms with Crippen LogP contribution in [-0.4, -0.2) is 29.6 Å². The van der Waals surface area contributed by atoms with Gasteiger partial charge in [-0.25, -0.2) is 9.48 Å². The molecule has 2 aromatic heterocycles. The lowest BCUT2D eigenvalue weighted by molar-refractivity contribution is 0.290. The lowest BCUT2D eigenvalue weighted by Gasteiger charge is -2.11. The van der Waals surface area contributed by atoms with Gasteiger partial charge in [-0.2, -0.15) is 9.36 Å². The minimum Gasteiger partial charge on any atom is -0.472 e. The molecule has 9 heteroatoms. The zero-order valence-electron chi connectivity index (χ0n) is 15.3. The summed E-state index contributed by atoms with van der Waals surface area (Å²) >= 11 is 3.42. The van der Waals surface area contributed by atoms with Gasteiger partial charge in [0.2, 0.25) is 5.88 Å². The molecule has 2 heterocycles. The number of rotatable bonds is 5. The largest absolute Gasteiger partial charge is 0.472 e. The first-order valence-corrected chi connectivity index (χ1v) is 9.34. The van der Waals surface area contributed by atoms with Crippen molar-refractivity contribution in [3.63, 3.8) is 0 Å². The molecular weight excluding hydrogens is 424 g/mol. The topological polar surface area (TPSA) is 79.8 Å². The number of aromatic nitrogens is 6. The molecule has 0 N–H and O–H groups in total. The van der Waals surface area contributed by atoms with E-state index in [0.29, 0.717) is 11.6 Å². The Hall–Kier alpha value is -3.20. The quantitative estimate of drug-likeness (QED) is 0.476. The van der Waals surface area contributed by atoms with E-state index < -0.39 is 0 Å². The summed E-state index contributed by atoms with van der Waals surface area (Å²) in [7, 11) is 1.56. The van der Waals surface area contributed by atoms with Gasteiger partial charge in [0, 0.05) is 29.3 Å². The van der Waals surface area contributed by atoms with Crippen LogP contribution in [0.4, 0.5) is 0 Å². The minimum absolute atomic E-state index is 0.252. The highest BCUT2D eigenvalue weighted by Crippen LogP contribution is 2.20. The van der Waals surface area contributed by atoms with E-state index >= 15 is 0 Å². The van der Waals surface area contributed by atoms with Crippen LogP contribution in [0.3, 0.4) is 0 Å². The van der Waals surface area contributed by atoms with Crippen molar-refractivity contribution in [3.8, 4) is 17.3 Å².